The Morgan fingerprint density at radius 2 is 1.21 bits per heavy atom. The number of para-hydroxylation sites is 2. The highest BCUT2D eigenvalue weighted by Crippen LogP contribution is 2.45. The van der Waals surface area contributed by atoms with E-state index in [4.69, 9.17) is 0 Å². The largest absolute Gasteiger partial charge is 0.337 e. The van der Waals surface area contributed by atoms with Gasteiger partial charge < -0.3 is 9.80 Å². The van der Waals surface area contributed by atoms with Gasteiger partial charge >= 0.3 is 0 Å². The molecule has 0 radical (unpaired) electrons. The highest BCUT2D eigenvalue weighted by atomic mass is 15.1. The van der Waals surface area contributed by atoms with Crippen molar-refractivity contribution >= 4 is 55.1 Å². The minimum atomic E-state index is 0.787. The molecule has 2 heteroatoms. The Morgan fingerprint density at radius 1 is 0.605 bits per heavy atom. The maximum Gasteiger partial charge on any atom is 0.0540 e. The second kappa shape index (κ2) is 12.0. The van der Waals surface area contributed by atoms with E-state index in [1.54, 1.807) is 0 Å². The van der Waals surface area contributed by atoms with Crippen molar-refractivity contribution in [2.45, 2.75) is 26.2 Å². The van der Waals surface area contributed by atoms with Gasteiger partial charge in [-0.15, -0.1) is 0 Å². The van der Waals surface area contributed by atoms with Gasteiger partial charge in [0.05, 0.1) is 5.69 Å². The predicted octanol–water partition coefficient (Wildman–Crippen LogP) is 11.6. The Hall–Kier alpha value is -5.08. The van der Waals surface area contributed by atoms with Crippen LogP contribution in [0.3, 0.4) is 0 Å². The summed E-state index contributed by atoms with van der Waals surface area (Å²) in [6.45, 7) is 2.95. The third kappa shape index (κ3) is 5.10. The molecule has 1 aliphatic rings. The minimum Gasteiger partial charge on any atom is -0.337 e. The van der Waals surface area contributed by atoms with Gasteiger partial charge in [-0.25, -0.2) is 0 Å². The lowest BCUT2D eigenvalue weighted by Crippen LogP contribution is -2.17. The Balaban J connectivity index is 1.44. The fourth-order valence-corrected chi connectivity index (χ4v) is 6.38. The number of hydrogen-bond acceptors (Lipinski definition) is 2. The van der Waals surface area contributed by atoms with Crippen LogP contribution >= 0.6 is 0 Å². The summed E-state index contributed by atoms with van der Waals surface area (Å²) in [6.07, 6.45) is 18.9. The summed E-state index contributed by atoms with van der Waals surface area (Å²) in [5, 5.41) is 7.73. The van der Waals surface area contributed by atoms with Gasteiger partial charge in [0.1, 0.15) is 0 Å². The monoisotopic (exact) mass is 556 g/mol. The molecule has 43 heavy (non-hydrogen) atoms. The first-order valence-corrected chi connectivity index (χ1v) is 15.4. The number of anilines is 4. The summed E-state index contributed by atoms with van der Waals surface area (Å²) in [6, 6.07) is 39.9. The zero-order chi connectivity index (χ0) is 29.0. The molecule has 7 rings (SSSR count). The highest BCUT2D eigenvalue weighted by molar-refractivity contribution is 6.27. The van der Waals surface area contributed by atoms with E-state index in [2.05, 4.69) is 168 Å². The molecule has 0 heterocycles. The van der Waals surface area contributed by atoms with Crippen LogP contribution in [0.15, 0.2) is 157 Å². The first kappa shape index (κ1) is 26.8. The lowest BCUT2D eigenvalue weighted by Gasteiger charge is -2.30. The number of nitrogens with zero attached hydrogens (tertiary/aromatic N) is 2. The summed E-state index contributed by atoms with van der Waals surface area (Å²) in [5.41, 5.74) is 6.03. The molecule has 0 fully saturated rings. The van der Waals surface area contributed by atoms with Crippen molar-refractivity contribution in [3.05, 3.63) is 157 Å². The van der Waals surface area contributed by atoms with Crippen LogP contribution in [0.4, 0.5) is 22.7 Å². The normalized spacial score (nSPS) is 13.6. The average molecular weight is 557 g/mol. The lowest BCUT2D eigenvalue weighted by molar-refractivity contribution is 0.998. The van der Waals surface area contributed by atoms with Crippen LogP contribution in [0.25, 0.3) is 32.3 Å². The minimum absolute atomic E-state index is 0.787. The molecule has 0 saturated heterocycles. The van der Waals surface area contributed by atoms with E-state index in [1.807, 2.05) is 0 Å². The van der Waals surface area contributed by atoms with E-state index in [0.717, 1.165) is 25.8 Å². The molecule has 0 aliphatic heterocycles. The van der Waals surface area contributed by atoms with E-state index in [9.17, 15) is 0 Å². The fraction of sp³-hybridized carbons (Fsp3) is 0.122. The van der Waals surface area contributed by atoms with Crippen LogP contribution < -0.4 is 9.80 Å². The molecule has 0 atom stereocenters. The van der Waals surface area contributed by atoms with Gasteiger partial charge in [-0.05, 0) is 83.3 Å². The SMILES string of the molecule is CC/C=C\C=C/CN(c1ccccc1)c1ccc2ccc3c(N(C4=CCCC=C4)c4ccccc4)ccc4ccc1c2c43. The first-order chi connectivity index (χ1) is 21.3. The van der Waals surface area contributed by atoms with Gasteiger partial charge in [-0.2, -0.15) is 0 Å². The van der Waals surface area contributed by atoms with Crippen LogP contribution in [-0.2, 0) is 0 Å². The van der Waals surface area contributed by atoms with Gasteiger partial charge in [0.25, 0.3) is 0 Å². The van der Waals surface area contributed by atoms with Gasteiger partial charge in [0.15, 0.2) is 0 Å². The Morgan fingerprint density at radius 3 is 1.86 bits per heavy atom. The lowest BCUT2D eigenvalue weighted by atomic mass is 9.91. The van der Waals surface area contributed by atoms with Crippen molar-refractivity contribution < 1.29 is 0 Å². The van der Waals surface area contributed by atoms with E-state index < -0.39 is 0 Å². The van der Waals surface area contributed by atoms with Crippen LogP contribution in [0, 0.1) is 0 Å². The molecule has 210 valence electrons. The quantitative estimate of drug-likeness (QED) is 0.129. The second-order valence-electron chi connectivity index (χ2n) is 11.1. The van der Waals surface area contributed by atoms with Crippen molar-refractivity contribution in [1.82, 2.24) is 0 Å². The molecule has 0 N–H and O–H groups in total. The Bertz CT molecular complexity index is 1980. The number of allylic oxidation sites excluding steroid dienone is 6. The summed E-state index contributed by atoms with van der Waals surface area (Å²) in [4.78, 5) is 4.85. The van der Waals surface area contributed by atoms with E-state index in [0.29, 0.717) is 0 Å². The van der Waals surface area contributed by atoms with Gasteiger partial charge in [-0.3, -0.25) is 0 Å². The predicted molar refractivity (Wildman–Crippen MR) is 187 cm³/mol. The van der Waals surface area contributed by atoms with Crippen molar-refractivity contribution in [2.24, 2.45) is 0 Å². The third-order valence-corrected chi connectivity index (χ3v) is 8.37. The number of benzene rings is 6. The standard InChI is InChI=1S/C41H36N2/c1-2-3-4-5-15-30-42(33-16-9-6-10-17-33)38-28-24-31-23-27-37-39(29-25-32-22-26-36(38)40(31)41(32)37)43(34-18-11-7-12-19-34)35-20-13-8-14-21-35/h3-7,9-13,15-29H,2,8,14,30H2,1H3/b4-3-,15-5-. The fourth-order valence-electron chi connectivity index (χ4n) is 6.38. The summed E-state index contributed by atoms with van der Waals surface area (Å²) in [7, 11) is 0. The maximum atomic E-state index is 2.43. The van der Waals surface area contributed by atoms with Crippen LogP contribution in [0.5, 0.6) is 0 Å². The molecule has 6 aromatic rings. The Labute approximate surface area is 254 Å². The molecule has 1 aliphatic carbocycles. The summed E-state index contributed by atoms with van der Waals surface area (Å²) in [5.74, 6) is 0. The van der Waals surface area contributed by atoms with E-state index in [-0.39, 0.29) is 0 Å². The van der Waals surface area contributed by atoms with Crippen LogP contribution in [0.1, 0.15) is 26.2 Å². The topological polar surface area (TPSA) is 6.48 Å². The molecular weight excluding hydrogens is 520 g/mol. The molecule has 0 unspecified atom stereocenters. The highest BCUT2D eigenvalue weighted by Gasteiger charge is 2.21. The van der Waals surface area contributed by atoms with Gasteiger partial charge in [0.2, 0.25) is 0 Å². The molecule has 0 saturated carbocycles. The zero-order valence-corrected chi connectivity index (χ0v) is 24.7. The van der Waals surface area contributed by atoms with Crippen molar-refractivity contribution in [3.63, 3.8) is 0 Å². The zero-order valence-electron chi connectivity index (χ0n) is 24.7. The van der Waals surface area contributed by atoms with Crippen molar-refractivity contribution in [3.8, 4) is 0 Å². The smallest absolute Gasteiger partial charge is 0.0540 e. The summed E-state index contributed by atoms with van der Waals surface area (Å²) >= 11 is 0. The average Bonchev–Trinajstić information content (AvgIpc) is 3.07. The van der Waals surface area contributed by atoms with Gasteiger partial charge in [-0.1, -0.05) is 116 Å². The summed E-state index contributed by atoms with van der Waals surface area (Å²) < 4.78 is 0. The second-order valence-corrected chi connectivity index (χ2v) is 11.1. The van der Waals surface area contributed by atoms with Gasteiger partial charge in [0, 0.05) is 40.1 Å². The van der Waals surface area contributed by atoms with Crippen molar-refractivity contribution in [1.29, 1.82) is 0 Å². The number of rotatable bonds is 9. The van der Waals surface area contributed by atoms with Crippen molar-refractivity contribution in [2.75, 3.05) is 16.3 Å². The molecule has 0 aromatic heterocycles. The molecule has 0 amide bonds. The maximum absolute atomic E-state index is 2.43. The van der Waals surface area contributed by atoms with Crippen LogP contribution in [-0.4, -0.2) is 6.54 Å². The molecular formula is C41H36N2. The first-order valence-electron chi connectivity index (χ1n) is 15.4. The van der Waals surface area contributed by atoms with E-state index >= 15 is 0 Å². The molecule has 2 nitrogen and oxygen atoms in total. The van der Waals surface area contributed by atoms with E-state index in [1.165, 1.54) is 60.8 Å². The third-order valence-electron chi connectivity index (χ3n) is 8.37. The number of hydrogen-bond donors (Lipinski definition) is 0. The molecule has 0 spiro atoms. The molecule has 0 bridgehead atoms. The molecule has 6 aromatic carbocycles. The van der Waals surface area contributed by atoms with Crippen LogP contribution in [0.2, 0.25) is 0 Å². The Kier molecular flexibility index (Phi) is 7.50.